The average molecular weight is 283 g/mol. The third kappa shape index (κ3) is 2.74. The summed E-state index contributed by atoms with van der Waals surface area (Å²) in [4.78, 5) is 0. The lowest BCUT2D eigenvalue weighted by molar-refractivity contribution is 0.310. The van der Waals surface area contributed by atoms with E-state index < -0.39 is 0 Å². The lowest BCUT2D eigenvalue weighted by Gasteiger charge is -2.27. The molecule has 1 aliphatic heterocycles. The van der Waals surface area contributed by atoms with Crippen LogP contribution in [0, 0.1) is 0 Å². The molecule has 0 bridgehead atoms. The molecule has 0 saturated carbocycles. The van der Waals surface area contributed by atoms with Gasteiger partial charge in [-0.1, -0.05) is 30.3 Å². The molecule has 0 amide bonds. The van der Waals surface area contributed by atoms with Gasteiger partial charge in [0.05, 0.1) is 19.8 Å². The third-order valence-corrected chi connectivity index (χ3v) is 3.93. The third-order valence-electron chi connectivity index (χ3n) is 3.93. The first kappa shape index (κ1) is 14.0. The Morgan fingerprint density at radius 2 is 2.00 bits per heavy atom. The minimum atomic E-state index is 0.222. The summed E-state index contributed by atoms with van der Waals surface area (Å²) in [5.74, 6) is 1.59. The quantitative estimate of drug-likeness (QED) is 0.933. The van der Waals surface area contributed by atoms with Crippen LogP contribution in [0.5, 0.6) is 11.5 Å². The maximum Gasteiger partial charge on any atom is 0.161 e. The molecule has 2 aromatic rings. The van der Waals surface area contributed by atoms with Crippen LogP contribution in [0.25, 0.3) is 0 Å². The van der Waals surface area contributed by atoms with Crippen molar-refractivity contribution in [1.29, 1.82) is 0 Å². The number of hydrogen-bond acceptors (Lipinski definition) is 3. The van der Waals surface area contributed by atoms with Crippen LogP contribution in [0.4, 0.5) is 0 Å². The molecule has 1 unspecified atom stereocenters. The van der Waals surface area contributed by atoms with Crippen LogP contribution in [0.15, 0.2) is 42.5 Å². The van der Waals surface area contributed by atoms with E-state index in [4.69, 9.17) is 9.47 Å². The van der Waals surface area contributed by atoms with E-state index in [1.165, 1.54) is 16.7 Å². The van der Waals surface area contributed by atoms with Crippen molar-refractivity contribution in [1.82, 2.24) is 5.32 Å². The molecular formula is C18H21NO2. The number of benzene rings is 2. The minimum absolute atomic E-state index is 0.222. The van der Waals surface area contributed by atoms with Gasteiger partial charge in [0, 0.05) is 6.54 Å². The standard InChI is InChI=1S/C18H21NO2/c1-3-21-16-9-8-14(12-17(16)20-2)18-15-7-5-4-6-13(15)10-11-19-18/h4-9,12,18-19H,3,10-11H2,1-2H3. The Kier molecular flexibility index (Phi) is 4.11. The van der Waals surface area contributed by atoms with Gasteiger partial charge in [0.25, 0.3) is 0 Å². The SMILES string of the molecule is CCOc1ccc(C2NCCc3ccccc32)cc1OC. The van der Waals surface area contributed by atoms with Crippen molar-refractivity contribution in [3.8, 4) is 11.5 Å². The topological polar surface area (TPSA) is 30.5 Å². The van der Waals surface area contributed by atoms with E-state index >= 15 is 0 Å². The fourth-order valence-electron chi connectivity index (χ4n) is 2.94. The molecule has 0 saturated heterocycles. The zero-order chi connectivity index (χ0) is 14.7. The summed E-state index contributed by atoms with van der Waals surface area (Å²) in [7, 11) is 1.68. The van der Waals surface area contributed by atoms with Crippen LogP contribution < -0.4 is 14.8 Å². The van der Waals surface area contributed by atoms with Crippen LogP contribution in [-0.2, 0) is 6.42 Å². The van der Waals surface area contributed by atoms with E-state index in [0.717, 1.165) is 24.5 Å². The van der Waals surface area contributed by atoms with Crippen molar-refractivity contribution in [2.45, 2.75) is 19.4 Å². The smallest absolute Gasteiger partial charge is 0.161 e. The Labute approximate surface area is 125 Å². The van der Waals surface area contributed by atoms with Gasteiger partial charge in [-0.2, -0.15) is 0 Å². The number of rotatable bonds is 4. The van der Waals surface area contributed by atoms with Crippen molar-refractivity contribution in [3.05, 3.63) is 59.2 Å². The van der Waals surface area contributed by atoms with Crippen molar-refractivity contribution in [2.24, 2.45) is 0 Å². The zero-order valence-corrected chi connectivity index (χ0v) is 12.6. The molecule has 3 rings (SSSR count). The number of nitrogens with one attached hydrogen (secondary N) is 1. The second-order valence-corrected chi connectivity index (χ2v) is 5.18. The number of hydrogen-bond donors (Lipinski definition) is 1. The Bertz CT molecular complexity index is 624. The van der Waals surface area contributed by atoms with Crippen molar-refractivity contribution in [2.75, 3.05) is 20.3 Å². The van der Waals surface area contributed by atoms with E-state index in [2.05, 4.69) is 41.7 Å². The van der Waals surface area contributed by atoms with E-state index in [1.807, 2.05) is 13.0 Å². The summed E-state index contributed by atoms with van der Waals surface area (Å²) in [6.45, 7) is 3.61. The van der Waals surface area contributed by atoms with Gasteiger partial charge in [-0.05, 0) is 42.2 Å². The molecule has 0 spiro atoms. The van der Waals surface area contributed by atoms with Crippen LogP contribution in [0.3, 0.4) is 0 Å². The molecule has 1 N–H and O–H groups in total. The Hall–Kier alpha value is -2.00. The fourth-order valence-corrected chi connectivity index (χ4v) is 2.94. The number of fused-ring (bicyclic) bond motifs is 1. The highest BCUT2D eigenvalue weighted by Gasteiger charge is 2.21. The number of methoxy groups -OCH3 is 1. The lowest BCUT2D eigenvalue weighted by Crippen LogP contribution is -2.30. The summed E-state index contributed by atoms with van der Waals surface area (Å²) >= 11 is 0. The van der Waals surface area contributed by atoms with Gasteiger partial charge in [-0.15, -0.1) is 0 Å². The molecule has 2 aromatic carbocycles. The normalized spacial score (nSPS) is 17.1. The molecule has 3 nitrogen and oxygen atoms in total. The summed E-state index contributed by atoms with van der Waals surface area (Å²) < 4.78 is 11.1. The first-order chi connectivity index (χ1) is 10.3. The van der Waals surface area contributed by atoms with Gasteiger partial charge >= 0.3 is 0 Å². The molecule has 0 aliphatic carbocycles. The largest absolute Gasteiger partial charge is 0.493 e. The summed E-state index contributed by atoms with van der Waals surface area (Å²) in [6.07, 6.45) is 1.08. The maximum absolute atomic E-state index is 5.59. The first-order valence-electron chi connectivity index (χ1n) is 7.45. The zero-order valence-electron chi connectivity index (χ0n) is 12.6. The maximum atomic E-state index is 5.59. The van der Waals surface area contributed by atoms with Gasteiger partial charge in [-0.25, -0.2) is 0 Å². The Morgan fingerprint density at radius 3 is 2.81 bits per heavy atom. The van der Waals surface area contributed by atoms with Gasteiger partial charge in [0.15, 0.2) is 11.5 Å². The minimum Gasteiger partial charge on any atom is -0.493 e. The second kappa shape index (κ2) is 6.19. The molecule has 0 fully saturated rings. The highest BCUT2D eigenvalue weighted by Crippen LogP contribution is 2.34. The van der Waals surface area contributed by atoms with Crippen LogP contribution >= 0.6 is 0 Å². The van der Waals surface area contributed by atoms with Crippen molar-refractivity contribution in [3.63, 3.8) is 0 Å². The van der Waals surface area contributed by atoms with E-state index in [9.17, 15) is 0 Å². The van der Waals surface area contributed by atoms with Gasteiger partial charge in [-0.3, -0.25) is 0 Å². The Morgan fingerprint density at radius 1 is 1.14 bits per heavy atom. The molecule has 1 atom stereocenters. The fraction of sp³-hybridized carbons (Fsp3) is 0.333. The van der Waals surface area contributed by atoms with Crippen LogP contribution in [-0.4, -0.2) is 20.3 Å². The summed E-state index contributed by atoms with van der Waals surface area (Å²) in [5, 5.41) is 3.60. The monoisotopic (exact) mass is 283 g/mol. The molecule has 21 heavy (non-hydrogen) atoms. The molecule has 1 heterocycles. The van der Waals surface area contributed by atoms with Crippen molar-refractivity contribution < 1.29 is 9.47 Å². The van der Waals surface area contributed by atoms with Gasteiger partial charge in [0.2, 0.25) is 0 Å². The molecular weight excluding hydrogens is 262 g/mol. The summed E-state index contributed by atoms with van der Waals surface area (Å²) in [5.41, 5.74) is 3.99. The molecule has 1 aliphatic rings. The van der Waals surface area contributed by atoms with E-state index in [-0.39, 0.29) is 6.04 Å². The molecule has 0 radical (unpaired) electrons. The predicted octanol–water partition coefficient (Wildman–Crippen LogP) is 3.33. The molecule has 3 heteroatoms. The predicted molar refractivity (Wildman–Crippen MR) is 84.2 cm³/mol. The second-order valence-electron chi connectivity index (χ2n) is 5.18. The van der Waals surface area contributed by atoms with E-state index in [1.54, 1.807) is 7.11 Å². The highest BCUT2D eigenvalue weighted by atomic mass is 16.5. The highest BCUT2D eigenvalue weighted by molar-refractivity contribution is 5.47. The Balaban J connectivity index is 1.98. The number of ether oxygens (including phenoxy) is 2. The molecule has 0 aromatic heterocycles. The summed E-state index contributed by atoms with van der Waals surface area (Å²) in [6, 6.07) is 15.0. The average Bonchev–Trinajstić information content (AvgIpc) is 2.55. The van der Waals surface area contributed by atoms with Crippen molar-refractivity contribution >= 4 is 0 Å². The van der Waals surface area contributed by atoms with Gasteiger partial charge < -0.3 is 14.8 Å². The van der Waals surface area contributed by atoms with Crippen LogP contribution in [0.2, 0.25) is 0 Å². The van der Waals surface area contributed by atoms with Crippen LogP contribution in [0.1, 0.15) is 29.7 Å². The molecule has 110 valence electrons. The first-order valence-corrected chi connectivity index (χ1v) is 7.45. The van der Waals surface area contributed by atoms with Gasteiger partial charge in [0.1, 0.15) is 0 Å². The lowest BCUT2D eigenvalue weighted by atomic mass is 9.90. The van der Waals surface area contributed by atoms with E-state index in [0.29, 0.717) is 6.61 Å².